The van der Waals surface area contributed by atoms with E-state index in [1.54, 1.807) is 0 Å². The number of carbonyl (C=O) groups is 2. The molecule has 0 bridgehead atoms. The summed E-state index contributed by atoms with van der Waals surface area (Å²) in [6.07, 6.45) is -0.459. The zero-order valence-electron chi connectivity index (χ0n) is 14.7. The number of amides is 2. The van der Waals surface area contributed by atoms with Crippen LogP contribution < -0.4 is 10.6 Å². The van der Waals surface area contributed by atoms with E-state index in [-0.39, 0.29) is 24.3 Å². The maximum Gasteiger partial charge on any atom is 0.416 e. The fourth-order valence-corrected chi connectivity index (χ4v) is 4.11. The standard InChI is InChI=1S/C19H23F3N2O2/c1-12-10-13(11-16(25)23-12)17(26)24-18(8-2-3-9-18)14-4-6-15(7-5-14)19(20,21)22/h4-7,12-13H,2-3,8-11H2,1H3,(H,23,25)(H,24,26)/t12-,13+/m1/s1. The Morgan fingerprint density at radius 2 is 1.81 bits per heavy atom. The molecule has 1 aromatic rings. The van der Waals surface area contributed by atoms with Crippen LogP contribution in [0, 0.1) is 5.92 Å². The van der Waals surface area contributed by atoms with Crippen LogP contribution in [0.2, 0.25) is 0 Å². The van der Waals surface area contributed by atoms with Gasteiger partial charge in [0.15, 0.2) is 0 Å². The molecule has 1 saturated heterocycles. The van der Waals surface area contributed by atoms with Gasteiger partial charge in [-0.2, -0.15) is 13.2 Å². The highest BCUT2D eigenvalue weighted by Crippen LogP contribution is 2.40. The molecule has 0 aromatic heterocycles. The second-order valence-corrected chi connectivity index (χ2v) is 7.46. The first-order valence-electron chi connectivity index (χ1n) is 8.99. The van der Waals surface area contributed by atoms with Gasteiger partial charge in [-0.1, -0.05) is 25.0 Å². The summed E-state index contributed by atoms with van der Waals surface area (Å²) in [4.78, 5) is 24.5. The van der Waals surface area contributed by atoms with E-state index in [0.29, 0.717) is 24.8 Å². The molecular weight excluding hydrogens is 345 g/mol. The van der Waals surface area contributed by atoms with Crippen LogP contribution in [0.4, 0.5) is 13.2 Å². The minimum Gasteiger partial charge on any atom is -0.354 e. The highest BCUT2D eigenvalue weighted by atomic mass is 19.4. The smallest absolute Gasteiger partial charge is 0.354 e. The highest BCUT2D eigenvalue weighted by molar-refractivity contribution is 5.87. The van der Waals surface area contributed by atoms with Crippen LogP contribution in [-0.4, -0.2) is 17.9 Å². The average molecular weight is 368 g/mol. The van der Waals surface area contributed by atoms with E-state index in [1.165, 1.54) is 12.1 Å². The van der Waals surface area contributed by atoms with Gasteiger partial charge in [-0.25, -0.2) is 0 Å². The molecule has 2 aliphatic rings. The van der Waals surface area contributed by atoms with Crippen LogP contribution in [-0.2, 0) is 21.3 Å². The Kier molecular flexibility index (Phi) is 4.99. The molecule has 0 spiro atoms. The number of halogens is 3. The summed E-state index contributed by atoms with van der Waals surface area (Å²) >= 11 is 0. The number of hydrogen-bond donors (Lipinski definition) is 2. The van der Waals surface area contributed by atoms with Gasteiger partial charge < -0.3 is 10.6 Å². The second kappa shape index (κ2) is 6.93. The Hall–Kier alpha value is -2.05. The van der Waals surface area contributed by atoms with Crippen molar-refractivity contribution in [3.8, 4) is 0 Å². The number of alkyl halides is 3. The zero-order valence-corrected chi connectivity index (χ0v) is 14.7. The molecule has 3 rings (SSSR count). The first kappa shape index (κ1) is 18.7. The van der Waals surface area contributed by atoms with Crippen molar-refractivity contribution in [1.29, 1.82) is 0 Å². The lowest BCUT2D eigenvalue weighted by Gasteiger charge is -2.35. The number of hydrogen-bond acceptors (Lipinski definition) is 2. The number of nitrogens with one attached hydrogen (secondary N) is 2. The molecule has 2 fully saturated rings. The molecule has 7 heteroatoms. The van der Waals surface area contributed by atoms with E-state index >= 15 is 0 Å². The Labute approximate surface area is 150 Å². The highest BCUT2D eigenvalue weighted by Gasteiger charge is 2.40. The van der Waals surface area contributed by atoms with Crippen LogP contribution in [0.5, 0.6) is 0 Å². The fourth-order valence-electron chi connectivity index (χ4n) is 4.11. The van der Waals surface area contributed by atoms with Crippen molar-refractivity contribution in [2.45, 2.75) is 63.2 Å². The first-order chi connectivity index (χ1) is 12.2. The molecule has 1 heterocycles. The zero-order chi connectivity index (χ0) is 18.9. The second-order valence-electron chi connectivity index (χ2n) is 7.46. The van der Waals surface area contributed by atoms with Gasteiger partial charge in [-0.15, -0.1) is 0 Å². The maximum absolute atomic E-state index is 12.8. The third-order valence-corrected chi connectivity index (χ3v) is 5.43. The van der Waals surface area contributed by atoms with Gasteiger partial charge in [-0.05, 0) is 43.9 Å². The summed E-state index contributed by atoms with van der Waals surface area (Å²) in [6.45, 7) is 1.86. The number of rotatable bonds is 3. The fraction of sp³-hybridized carbons (Fsp3) is 0.579. The number of carbonyl (C=O) groups excluding carboxylic acids is 2. The van der Waals surface area contributed by atoms with Crippen LogP contribution in [0.1, 0.15) is 56.6 Å². The SMILES string of the molecule is C[C@@H]1C[C@H](C(=O)NC2(c3ccc(C(F)(F)F)cc3)CCCC2)CC(=O)N1. The first-order valence-corrected chi connectivity index (χ1v) is 8.99. The summed E-state index contributed by atoms with van der Waals surface area (Å²) in [5.41, 5.74) is -0.638. The quantitative estimate of drug-likeness (QED) is 0.858. The molecule has 1 aliphatic heterocycles. The average Bonchev–Trinajstić information content (AvgIpc) is 3.03. The summed E-state index contributed by atoms with van der Waals surface area (Å²) in [5, 5.41) is 5.87. The van der Waals surface area contributed by atoms with Crippen molar-refractivity contribution in [2.24, 2.45) is 5.92 Å². The van der Waals surface area contributed by atoms with Crippen LogP contribution in [0.3, 0.4) is 0 Å². The van der Waals surface area contributed by atoms with Crippen molar-refractivity contribution >= 4 is 11.8 Å². The summed E-state index contributed by atoms with van der Waals surface area (Å²) in [5.74, 6) is -0.724. The number of piperidine rings is 1. The van der Waals surface area contributed by atoms with Crippen molar-refractivity contribution in [3.63, 3.8) is 0 Å². The molecule has 142 valence electrons. The summed E-state index contributed by atoms with van der Waals surface area (Å²) < 4.78 is 38.4. The third-order valence-electron chi connectivity index (χ3n) is 5.43. The molecule has 1 aromatic carbocycles. The van der Waals surface area contributed by atoms with Crippen LogP contribution in [0.15, 0.2) is 24.3 Å². The Balaban J connectivity index is 1.80. The predicted molar refractivity (Wildman–Crippen MR) is 90.1 cm³/mol. The lowest BCUT2D eigenvalue weighted by atomic mass is 9.85. The molecular formula is C19H23F3N2O2. The minimum atomic E-state index is -4.38. The van der Waals surface area contributed by atoms with Crippen molar-refractivity contribution < 1.29 is 22.8 Å². The molecule has 1 aliphatic carbocycles. The largest absolute Gasteiger partial charge is 0.416 e. The van der Waals surface area contributed by atoms with Crippen LogP contribution in [0.25, 0.3) is 0 Å². The molecule has 0 unspecified atom stereocenters. The van der Waals surface area contributed by atoms with Gasteiger partial charge >= 0.3 is 6.18 Å². The topological polar surface area (TPSA) is 58.2 Å². The van der Waals surface area contributed by atoms with E-state index in [9.17, 15) is 22.8 Å². The van der Waals surface area contributed by atoms with Gasteiger partial charge in [-0.3, -0.25) is 9.59 Å². The van der Waals surface area contributed by atoms with Crippen molar-refractivity contribution in [1.82, 2.24) is 10.6 Å². The molecule has 1 saturated carbocycles. The molecule has 0 radical (unpaired) electrons. The molecule has 26 heavy (non-hydrogen) atoms. The Morgan fingerprint density at radius 3 is 2.35 bits per heavy atom. The van der Waals surface area contributed by atoms with Gasteiger partial charge in [0, 0.05) is 18.4 Å². The molecule has 2 amide bonds. The summed E-state index contributed by atoms with van der Waals surface area (Å²) in [6, 6.07) is 5.00. The van der Waals surface area contributed by atoms with Gasteiger partial charge in [0.2, 0.25) is 11.8 Å². The lowest BCUT2D eigenvalue weighted by molar-refractivity contribution is -0.137. The van der Waals surface area contributed by atoms with E-state index in [2.05, 4.69) is 10.6 Å². The third kappa shape index (κ3) is 3.86. The predicted octanol–water partition coefficient (Wildman–Crippen LogP) is 3.51. The van der Waals surface area contributed by atoms with E-state index in [0.717, 1.165) is 25.0 Å². The minimum absolute atomic E-state index is 0.0578. The van der Waals surface area contributed by atoms with Crippen molar-refractivity contribution in [2.75, 3.05) is 0 Å². The van der Waals surface area contributed by atoms with Gasteiger partial charge in [0.25, 0.3) is 0 Å². The van der Waals surface area contributed by atoms with E-state index in [1.807, 2.05) is 6.92 Å². The summed E-state index contributed by atoms with van der Waals surface area (Å²) in [7, 11) is 0. The molecule has 2 N–H and O–H groups in total. The van der Waals surface area contributed by atoms with Gasteiger partial charge in [0.1, 0.15) is 0 Å². The maximum atomic E-state index is 12.8. The van der Waals surface area contributed by atoms with Gasteiger partial charge in [0.05, 0.1) is 11.1 Å². The van der Waals surface area contributed by atoms with E-state index in [4.69, 9.17) is 0 Å². The molecule has 2 atom stereocenters. The van der Waals surface area contributed by atoms with Crippen LogP contribution >= 0.6 is 0 Å². The van der Waals surface area contributed by atoms with E-state index < -0.39 is 23.2 Å². The molecule has 4 nitrogen and oxygen atoms in total. The Bertz CT molecular complexity index is 679. The number of benzene rings is 1. The Morgan fingerprint density at radius 1 is 1.19 bits per heavy atom. The monoisotopic (exact) mass is 368 g/mol. The normalized spacial score (nSPS) is 25.6. The van der Waals surface area contributed by atoms with Crippen molar-refractivity contribution in [3.05, 3.63) is 35.4 Å². The lowest BCUT2D eigenvalue weighted by Crippen LogP contribution is -2.50.